The highest BCUT2D eigenvalue weighted by molar-refractivity contribution is 9.12. The van der Waals surface area contributed by atoms with Crippen LogP contribution in [0.1, 0.15) is 0 Å². The van der Waals surface area contributed by atoms with E-state index in [1.807, 2.05) is 0 Å². The van der Waals surface area contributed by atoms with Gasteiger partial charge in [-0.3, -0.25) is 4.79 Å². The van der Waals surface area contributed by atoms with Crippen LogP contribution >= 0.6 is 15.9 Å². The Morgan fingerprint density at radius 3 is 2.71 bits per heavy atom. The number of azo groups is 1. The van der Waals surface area contributed by atoms with Crippen molar-refractivity contribution in [3.8, 4) is 0 Å². The van der Waals surface area contributed by atoms with Gasteiger partial charge in [0.2, 0.25) is 0 Å². The van der Waals surface area contributed by atoms with E-state index < -0.39 is 43.1 Å². The van der Waals surface area contributed by atoms with Gasteiger partial charge in [0.25, 0.3) is 5.91 Å². The molecule has 0 saturated carbocycles. The molecule has 0 spiro atoms. The molecule has 1 fully saturated rings. The summed E-state index contributed by atoms with van der Waals surface area (Å²) in [5.41, 5.74) is 6.16. The van der Waals surface area contributed by atoms with Gasteiger partial charge in [0.15, 0.2) is 12.0 Å². The van der Waals surface area contributed by atoms with Crippen molar-refractivity contribution in [2.75, 3.05) is 6.61 Å². The number of hydrogen-bond donors (Lipinski definition) is 4. The summed E-state index contributed by atoms with van der Waals surface area (Å²) < 4.78 is 5.95. The third-order valence-corrected chi connectivity index (χ3v) is 4.30. The Balaban J connectivity index is 1.94. The first-order valence-electron chi connectivity index (χ1n) is 6.18. The minimum absolute atomic E-state index is 0.0944. The second kappa shape index (κ2) is 5.14. The van der Waals surface area contributed by atoms with E-state index in [1.54, 1.807) is 0 Å². The molecule has 0 bridgehead atoms. The number of nitrogens with two attached hydrogens (primary N) is 1. The molecule has 0 aliphatic carbocycles. The van der Waals surface area contributed by atoms with Crippen LogP contribution in [0.3, 0.4) is 0 Å². The van der Waals surface area contributed by atoms with Gasteiger partial charge in [-0.2, -0.15) is 0 Å². The van der Waals surface area contributed by atoms with Crippen molar-refractivity contribution in [2.45, 2.75) is 30.6 Å². The highest BCUT2D eigenvalue weighted by atomic mass is 79.9. The zero-order valence-corrected chi connectivity index (χ0v) is 12.2. The summed E-state index contributed by atoms with van der Waals surface area (Å²) in [6.45, 7) is -0.448. The standard InChI is InChI=1S/C11H13BrN4O5/c12-3-1-16(6-5(3)9(13)14-15-10(6)20)11-8(19)7(18)4(2-17)21-11/h1,4,6-8,11,17-19H,2,13H2/t4-,6?,7-,8+,11-/m1/s1. The van der Waals surface area contributed by atoms with Crippen molar-refractivity contribution in [1.29, 1.82) is 0 Å². The van der Waals surface area contributed by atoms with Crippen molar-refractivity contribution < 1.29 is 24.9 Å². The maximum Gasteiger partial charge on any atom is 0.291 e. The number of halogens is 1. The Labute approximate surface area is 127 Å². The summed E-state index contributed by atoms with van der Waals surface area (Å²) >= 11 is 3.28. The Hall–Kier alpha value is -1.33. The van der Waals surface area contributed by atoms with Gasteiger partial charge in [0, 0.05) is 16.3 Å². The maximum absolute atomic E-state index is 12.0. The molecule has 3 heterocycles. The van der Waals surface area contributed by atoms with Gasteiger partial charge in [0.1, 0.15) is 24.4 Å². The van der Waals surface area contributed by atoms with E-state index in [-0.39, 0.29) is 5.82 Å². The molecule has 21 heavy (non-hydrogen) atoms. The number of amides is 1. The Morgan fingerprint density at radius 1 is 1.38 bits per heavy atom. The van der Waals surface area contributed by atoms with Crippen LogP contribution in [0.2, 0.25) is 0 Å². The van der Waals surface area contributed by atoms with Crippen LogP contribution in [0.15, 0.2) is 32.3 Å². The second-order valence-corrected chi connectivity index (χ2v) is 5.75. The Bertz CT molecular complexity index is 577. The molecule has 1 saturated heterocycles. The molecule has 0 aromatic rings. The average Bonchev–Trinajstić information content (AvgIpc) is 2.94. The second-order valence-electron chi connectivity index (χ2n) is 4.89. The van der Waals surface area contributed by atoms with Gasteiger partial charge in [-0.25, -0.2) is 0 Å². The van der Waals surface area contributed by atoms with Crippen LogP contribution in [0.5, 0.6) is 0 Å². The molecule has 0 aromatic carbocycles. The van der Waals surface area contributed by atoms with Crippen LogP contribution in [-0.4, -0.2) is 63.3 Å². The number of hydrogen-bond acceptors (Lipinski definition) is 8. The molecule has 3 aliphatic heterocycles. The van der Waals surface area contributed by atoms with Crippen LogP contribution < -0.4 is 5.73 Å². The monoisotopic (exact) mass is 360 g/mol. The SMILES string of the molecule is NC1=C2C(Br)=CN([C@@H]3O[C@H](CO)[C@@H](O)[C@@H]3O)C2C(=O)N=N1. The smallest absolute Gasteiger partial charge is 0.291 e. The first kappa shape index (κ1) is 14.6. The van der Waals surface area contributed by atoms with E-state index in [9.17, 15) is 15.0 Å². The highest BCUT2D eigenvalue weighted by Gasteiger charge is 2.51. The van der Waals surface area contributed by atoms with Gasteiger partial charge in [-0.1, -0.05) is 0 Å². The van der Waals surface area contributed by atoms with Crippen molar-refractivity contribution in [3.05, 3.63) is 22.1 Å². The number of ether oxygens (including phenoxy) is 1. The van der Waals surface area contributed by atoms with Crippen molar-refractivity contribution >= 4 is 21.8 Å². The van der Waals surface area contributed by atoms with Gasteiger partial charge in [0.05, 0.1) is 6.61 Å². The van der Waals surface area contributed by atoms with Gasteiger partial charge in [-0.05, 0) is 15.9 Å². The molecule has 114 valence electrons. The number of carbonyl (C=O) groups excluding carboxylic acids is 1. The van der Waals surface area contributed by atoms with E-state index in [1.165, 1.54) is 11.1 Å². The summed E-state index contributed by atoms with van der Waals surface area (Å²) in [7, 11) is 0. The fourth-order valence-electron chi connectivity index (χ4n) is 2.63. The van der Waals surface area contributed by atoms with E-state index in [4.69, 9.17) is 15.6 Å². The van der Waals surface area contributed by atoms with Crippen molar-refractivity contribution in [2.24, 2.45) is 16.0 Å². The highest BCUT2D eigenvalue weighted by Crippen LogP contribution is 2.40. The summed E-state index contributed by atoms with van der Waals surface area (Å²) in [5, 5.41) is 36.0. The van der Waals surface area contributed by atoms with Crippen LogP contribution in [0, 0.1) is 0 Å². The molecule has 1 unspecified atom stereocenters. The molecular formula is C11H13BrN4O5. The van der Waals surface area contributed by atoms with E-state index in [0.29, 0.717) is 10.1 Å². The van der Waals surface area contributed by atoms with Crippen LogP contribution in [0.4, 0.5) is 0 Å². The molecule has 5 atom stereocenters. The lowest BCUT2D eigenvalue weighted by Gasteiger charge is -2.31. The number of nitrogens with zero attached hydrogens (tertiary/aromatic N) is 3. The molecule has 10 heteroatoms. The van der Waals surface area contributed by atoms with Crippen molar-refractivity contribution in [3.63, 3.8) is 0 Å². The number of rotatable bonds is 2. The lowest BCUT2D eigenvalue weighted by Crippen LogP contribution is -2.48. The zero-order chi connectivity index (χ0) is 15.3. The molecular weight excluding hydrogens is 348 g/mol. The number of aliphatic hydroxyl groups is 3. The molecule has 3 aliphatic rings. The van der Waals surface area contributed by atoms with Crippen LogP contribution in [-0.2, 0) is 9.53 Å². The Kier molecular flexibility index (Phi) is 3.58. The van der Waals surface area contributed by atoms with E-state index in [0.717, 1.165) is 0 Å². The van der Waals surface area contributed by atoms with Gasteiger partial charge in [-0.15, -0.1) is 10.2 Å². The summed E-state index contributed by atoms with van der Waals surface area (Å²) in [6.07, 6.45) is -2.94. The minimum Gasteiger partial charge on any atom is -0.394 e. The molecule has 0 radical (unpaired) electrons. The fourth-order valence-corrected chi connectivity index (χ4v) is 3.28. The van der Waals surface area contributed by atoms with E-state index >= 15 is 0 Å². The predicted molar refractivity (Wildman–Crippen MR) is 71.5 cm³/mol. The number of aliphatic hydroxyl groups excluding tert-OH is 3. The molecule has 5 N–H and O–H groups in total. The van der Waals surface area contributed by atoms with Crippen molar-refractivity contribution in [1.82, 2.24) is 4.90 Å². The predicted octanol–water partition coefficient (Wildman–Crippen LogP) is -1.49. The van der Waals surface area contributed by atoms with Gasteiger partial charge < -0.3 is 30.7 Å². The number of fused-ring (bicyclic) bond motifs is 1. The first-order valence-corrected chi connectivity index (χ1v) is 6.97. The summed E-state index contributed by atoms with van der Waals surface area (Å²) in [6, 6.07) is -0.874. The zero-order valence-electron chi connectivity index (χ0n) is 10.6. The molecule has 3 rings (SSSR count). The molecule has 0 aromatic heterocycles. The third-order valence-electron chi connectivity index (χ3n) is 3.67. The summed E-state index contributed by atoms with van der Waals surface area (Å²) in [5.74, 6) is -0.459. The van der Waals surface area contributed by atoms with Crippen LogP contribution in [0.25, 0.3) is 0 Å². The first-order chi connectivity index (χ1) is 9.95. The minimum atomic E-state index is -1.29. The Morgan fingerprint density at radius 2 is 2.10 bits per heavy atom. The maximum atomic E-state index is 12.0. The third kappa shape index (κ3) is 2.10. The number of carbonyl (C=O) groups is 1. The lowest BCUT2D eigenvalue weighted by molar-refractivity contribution is -0.129. The lowest BCUT2D eigenvalue weighted by atomic mass is 10.1. The quantitative estimate of drug-likeness (QED) is 0.470. The summed E-state index contributed by atoms with van der Waals surface area (Å²) in [4.78, 5) is 13.4. The fraction of sp³-hybridized carbons (Fsp3) is 0.545. The molecule has 1 amide bonds. The van der Waals surface area contributed by atoms with E-state index in [2.05, 4.69) is 26.2 Å². The largest absolute Gasteiger partial charge is 0.394 e. The van der Waals surface area contributed by atoms with Gasteiger partial charge >= 0.3 is 0 Å². The normalized spacial score (nSPS) is 39.0. The topological polar surface area (TPSA) is 141 Å². The average molecular weight is 361 g/mol. The molecule has 9 nitrogen and oxygen atoms in total.